The second-order valence-corrected chi connectivity index (χ2v) is 8.31. The molecule has 1 amide bonds. The topological polar surface area (TPSA) is 204 Å². The molecule has 0 bridgehead atoms. The summed E-state index contributed by atoms with van der Waals surface area (Å²) in [6.07, 6.45) is 4.54. The zero-order valence-corrected chi connectivity index (χ0v) is 23.9. The number of methoxy groups -OCH3 is 2. The number of carbonyl (C=O) groups excluding carboxylic acids is 2. The number of phenolic OH excluding ortho intramolecular Hbond substituents is 1. The molecule has 0 aliphatic heterocycles. The molecule has 220 valence electrons. The van der Waals surface area contributed by atoms with E-state index >= 15 is 0 Å². The van der Waals surface area contributed by atoms with Crippen LogP contribution in [0.25, 0.3) is 16.7 Å². The maximum atomic E-state index is 12.6. The van der Waals surface area contributed by atoms with Crippen molar-refractivity contribution in [1.82, 2.24) is 19.7 Å². The molecule has 0 fully saturated rings. The first-order valence-electron chi connectivity index (χ1n) is 12.9. The summed E-state index contributed by atoms with van der Waals surface area (Å²) in [4.78, 5) is 32.3. The Balaban J connectivity index is 0.000000265. The smallest absolute Gasteiger partial charge is 0.337 e. The molecule has 0 saturated heterocycles. The number of nitrogen functional groups attached to an aromatic ring is 2. The fourth-order valence-corrected chi connectivity index (χ4v) is 3.72. The van der Waals surface area contributed by atoms with Crippen LogP contribution in [-0.4, -0.2) is 51.0 Å². The number of aromatic hydroxyl groups is 1. The number of amides is 1. The van der Waals surface area contributed by atoms with E-state index in [9.17, 15) is 14.7 Å². The minimum absolute atomic E-state index is 0.00201. The van der Waals surface area contributed by atoms with Crippen molar-refractivity contribution in [2.75, 3.05) is 31.0 Å². The van der Waals surface area contributed by atoms with Gasteiger partial charge >= 0.3 is 5.97 Å². The van der Waals surface area contributed by atoms with Gasteiger partial charge in [0.1, 0.15) is 23.2 Å². The number of rotatable bonds is 5. The van der Waals surface area contributed by atoms with Crippen LogP contribution in [0.1, 0.15) is 40.1 Å². The van der Waals surface area contributed by atoms with Crippen molar-refractivity contribution in [3.05, 3.63) is 89.9 Å². The van der Waals surface area contributed by atoms with Gasteiger partial charge in [-0.1, -0.05) is 19.9 Å². The number of hydrogen-bond acceptors (Lipinski definition) is 11. The van der Waals surface area contributed by atoms with Gasteiger partial charge < -0.3 is 31.4 Å². The van der Waals surface area contributed by atoms with E-state index in [0.29, 0.717) is 39.3 Å². The standard InChI is InChI=1S/C20H18N2O5.C8H6N6.C2H6/c1-26-14-6-4-13(5-7-14)22-19(24)16-10-12-9-11(20(25)27-2)3-8-15(12)17(21)18(16)23;9-4-6-5-13-14(7(6)10)8-11-2-1-3-12-8;1-2/h3-10,23H,21H2,1-2H3,(H,22,24);1-3,5H,10H2;1-2H3. The number of hydrogen-bond donors (Lipinski definition) is 4. The summed E-state index contributed by atoms with van der Waals surface area (Å²) in [5.74, 6) is -0.104. The monoisotopic (exact) mass is 582 g/mol. The molecule has 5 aromatic rings. The minimum atomic E-state index is -0.533. The lowest BCUT2D eigenvalue weighted by Crippen LogP contribution is -2.13. The average molecular weight is 583 g/mol. The molecular weight excluding hydrogens is 552 g/mol. The number of phenols is 1. The summed E-state index contributed by atoms with van der Waals surface area (Å²) in [5.41, 5.74) is 12.8. The van der Waals surface area contributed by atoms with Crippen LogP contribution in [0.15, 0.2) is 73.2 Å². The van der Waals surface area contributed by atoms with E-state index in [1.165, 1.54) is 24.1 Å². The van der Waals surface area contributed by atoms with Crippen LogP contribution in [0, 0.1) is 11.3 Å². The molecule has 0 atom stereocenters. The summed E-state index contributed by atoms with van der Waals surface area (Å²) in [6.45, 7) is 4.00. The molecule has 0 spiro atoms. The van der Waals surface area contributed by atoms with Gasteiger partial charge in [-0.15, -0.1) is 0 Å². The lowest BCUT2D eigenvalue weighted by molar-refractivity contribution is 0.0600. The summed E-state index contributed by atoms with van der Waals surface area (Å²) >= 11 is 0. The zero-order valence-electron chi connectivity index (χ0n) is 23.9. The highest BCUT2D eigenvalue weighted by Gasteiger charge is 2.18. The third-order valence-electron chi connectivity index (χ3n) is 5.83. The van der Waals surface area contributed by atoms with E-state index in [-0.39, 0.29) is 22.8 Å². The Kier molecular flexibility index (Phi) is 10.6. The molecular formula is C30H30N8O5. The number of nitrogens with one attached hydrogen (secondary N) is 1. The molecule has 0 unspecified atom stereocenters. The molecule has 43 heavy (non-hydrogen) atoms. The highest BCUT2D eigenvalue weighted by Crippen LogP contribution is 2.34. The van der Waals surface area contributed by atoms with E-state index in [4.69, 9.17) is 26.2 Å². The van der Waals surface area contributed by atoms with Crippen molar-refractivity contribution in [1.29, 1.82) is 5.26 Å². The van der Waals surface area contributed by atoms with E-state index in [1.807, 2.05) is 19.9 Å². The number of benzene rings is 3. The van der Waals surface area contributed by atoms with E-state index < -0.39 is 11.9 Å². The Hall–Kier alpha value is -6.16. The molecule has 3 aromatic carbocycles. The van der Waals surface area contributed by atoms with Crippen LogP contribution in [0.5, 0.6) is 11.5 Å². The van der Waals surface area contributed by atoms with Crippen LogP contribution < -0.4 is 21.5 Å². The van der Waals surface area contributed by atoms with Crippen molar-refractivity contribution >= 4 is 39.8 Å². The van der Waals surface area contributed by atoms with Crippen molar-refractivity contribution in [2.24, 2.45) is 0 Å². The highest BCUT2D eigenvalue weighted by molar-refractivity contribution is 6.12. The maximum Gasteiger partial charge on any atom is 0.337 e. The largest absolute Gasteiger partial charge is 0.505 e. The number of nitriles is 1. The van der Waals surface area contributed by atoms with Gasteiger partial charge in [0.15, 0.2) is 5.75 Å². The third kappa shape index (κ3) is 7.14. The predicted octanol–water partition coefficient (Wildman–Crippen LogP) is 4.32. The Morgan fingerprint density at radius 2 is 1.70 bits per heavy atom. The fraction of sp³-hybridized carbons (Fsp3) is 0.133. The van der Waals surface area contributed by atoms with Gasteiger partial charge in [0.25, 0.3) is 11.9 Å². The molecule has 2 heterocycles. The molecule has 2 aromatic heterocycles. The van der Waals surface area contributed by atoms with Crippen LogP contribution in [0.3, 0.4) is 0 Å². The van der Waals surface area contributed by atoms with Gasteiger partial charge in [-0.3, -0.25) is 4.79 Å². The third-order valence-corrected chi connectivity index (χ3v) is 5.83. The van der Waals surface area contributed by atoms with Gasteiger partial charge in [-0.25, -0.2) is 14.8 Å². The first kappa shape index (κ1) is 31.4. The minimum Gasteiger partial charge on any atom is -0.505 e. The molecule has 0 aliphatic rings. The Morgan fingerprint density at radius 3 is 2.28 bits per heavy atom. The molecule has 0 aliphatic carbocycles. The number of carbonyl (C=O) groups is 2. The molecule has 0 saturated carbocycles. The molecule has 0 radical (unpaired) electrons. The van der Waals surface area contributed by atoms with Crippen LogP contribution in [-0.2, 0) is 4.74 Å². The average Bonchev–Trinajstić information content (AvgIpc) is 3.44. The fourth-order valence-electron chi connectivity index (χ4n) is 3.72. The van der Waals surface area contributed by atoms with Gasteiger partial charge in [0, 0.05) is 23.5 Å². The quantitative estimate of drug-likeness (QED) is 0.130. The molecule has 5 rings (SSSR count). The van der Waals surface area contributed by atoms with E-state index in [0.717, 1.165) is 0 Å². The van der Waals surface area contributed by atoms with Gasteiger partial charge in [0.05, 0.1) is 37.2 Å². The number of aromatic nitrogens is 4. The maximum absolute atomic E-state index is 12.6. The number of ether oxygens (including phenoxy) is 2. The summed E-state index contributed by atoms with van der Waals surface area (Å²) in [6, 6.07) is 16.5. The summed E-state index contributed by atoms with van der Waals surface area (Å²) in [7, 11) is 2.83. The Morgan fingerprint density at radius 1 is 1.02 bits per heavy atom. The zero-order chi connectivity index (χ0) is 31.5. The second kappa shape index (κ2) is 14.5. The predicted molar refractivity (Wildman–Crippen MR) is 162 cm³/mol. The summed E-state index contributed by atoms with van der Waals surface area (Å²) < 4.78 is 11.1. The Bertz CT molecular complexity index is 1760. The van der Waals surface area contributed by atoms with Crippen molar-refractivity contribution in [3.63, 3.8) is 0 Å². The first-order valence-corrected chi connectivity index (χ1v) is 12.9. The van der Waals surface area contributed by atoms with Crippen molar-refractivity contribution < 1.29 is 24.2 Å². The van der Waals surface area contributed by atoms with E-state index in [1.54, 1.807) is 68.0 Å². The highest BCUT2D eigenvalue weighted by atomic mass is 16.5. The van der Waals surface area contributed by atoms with Crippen molar-refractivity contribution in [3.8, 4) is 23.5 Å². The molecule has 13 heteroatoms. The normalized spacial score (nSPS) is 9.84. The lowest BCUT2D eigenvalue weighted by Gasteiger charge is -2.12. The number of esters is 1. The molecule has 13 nitrogen and oxygen atoms in total. The second-order valence-electron chi connectivity index (χ2n) is 8.31. The number of anilines is 3. The lowest BCUT2D eigenvalue weighted by atomic mass is 10.0. The van der Waals surface area contributed by atoms with Crippen LogP contribution in [0.2, 0.25) is 0 Å². The Labute approximate surface area is 247 Å². The SMILES string of the molecule is CC.COC(=O)c1ccc2c(N)c(O)c(C(=O)Nc3ccc(OC)cc3)cc2c1.N#Cc1cnn(-c2ncccn2)c1N. The van der Waals surface area contributed by atoms with Crippen molar-refractivity contribution in [2.45, 2.75) is 13.8 Å². The van der Waals surface area contributed by atoms with E-state index in [2.05, 4.69) is 20.4 Å². The number of nitrogens with two attached hydrogens (primary N) is 2. The summed E-state index contributed by atoms with van der Waals surface area (Å²) in [5, 5.41) is 26.7. The molecule has 6 N–H and O–H groups in total. The van der Waals surface area contributed by atoms with Gasteiger partial charge in [0.2, 0.25) is 0 Å². The number of fused-ring (bicyclic) bond motifs is 1. The van der Waals surface area contributed by atoms with Gasteiger partial charge in [-0.05, 0) is 53.9 Å². The van der Waals surface area contributed by atoms with Crippen LogP contribution in [0.4, 0.5) is 17.2 Å². The van der Waals surface area contributed by atoms with Crippen LogP contribution >= 0.6 is 0 Å². The van der Waals surface area contributed by atoms with Gasteiger partial charge in [-0.2, -0.15) is 15.0 Å². The number of nitrogens with zero attached hydrogens (tertiary/aromatic N) is 5. The first-order chi connectivity index (χ1) is 20.8.